The second-order valence-electron chi connectivity index (χ2n) is 10.3. The van der Waals surface area contributed by atoms with Crippen molar-refractivity contribution in [3.05, 3.63) is 42.0 Å². The number of carbonyl (C=O) groups is 1. The highest BCUT2D eigenvalue weighted by molar-refractivity contribution is 7.89. The number of nitriles is 1. The summed E-state index contributed by atoms with van der Waals surface area (Å²) in [6.45, 7) is 2.66. The average Bonchev–Trinajstić information content (AvgIpc) is 3.64. The Morgan fingerprint density at radius 1 is 1.12 bits per heavy atom. The predicted molar refractivity (Wildman–Crippen MR) is 154 cm³/mol. The zero-order valence-electron chi connectivity index (χ0n) is 22.6. The van der Waals surface area contributed by atoms with Gasteiger partial charge < -0.3 is 10.1 Å². The van der Waals surface area contributed by atoms with Crippen LogP contribution in [0.4, 0.5) is 5.13 Å². The van der Waals surface area contributed by atoms with Gasteiger partial charge in [-0.2, -0.15) is 9.57 Å². The molecule has 1 atom stereocenters. The average molecular weight is 583 g/mol. The Bertz CT molecular complexity index is 1470. The standard InChI is InChI=1S/C28H34N6O4S2/c1-38-25-12-11-24-27(31-25)39-28(30-24)32-26(35)23(19-20-5-2-3-6-20)21-7-9-22(10-8-21)40(36,37)34-17-15-33(16-18-34)14-4-13-29/h7-12,20,23H,2-6,14-19H2,1H3,(H,30,32,35). The summed E-state index contributed by atoms with van der Waals surface area (Å²) in [5, 5.41) is 12.3. The number of sulfonamides is 1. The molecule has 10 nitrogen and oxygen atoms in total. The van der Waals surface area contributed by atoms with Gasteiger partial charge in [0.05, 0.1) is 24.0 Å². The molecule has 40 heavy (non-hydrogen) atoms. The van der Waals surface area contributed by atoms with Gasteiger partial charge in [0, 0.05) is 45.2 Å². The van der Waals surface area contributed by atoms with E-state index in [9.17, 15) is 13.2 Å². The molecule has 1 aliphatic heterocycles. The normalized spacial score (nSPS) is 18.0. The van der Waals surface area contributed by atoms with Gasteiger partial charge in [-0.25, -0.2) is 18.4 Å². The first-order valence-electron chi connectivity index (χ1n) is 13.7. The molecule has 1 N–H and O–H groups in total. The number of ether oxygens (including phenoxy) is 1. The summed E-state index contributed by atoms with van der Waals surface area (Å²) in [5.41, 5.74) is 1.49. The number of carbonyl (C=O) groups excluding carboxylic acids is 1. The topological polar surface area (TPSA) is 129 Å². The van der Waals surface area contributed by atoms with Crippen LogP contribution in [0.3, 0.4) is 0 Å². The predicted octanol–water partition coefficient (Wildman–Crippen LogP) is 4.22. The Kier molecular flexibility index (Phi) is 8.95. The third-order valence-electron chi connectivity index (χ3n) is 7.82. The molecule has 0 spiro atoms. The molecular weight excluding hydrogens is 548 g/mol. The molecule has 1 aromatic carbocycles. The van der Waals surface area contributed by atoms with Crippen LogP contribution < -0.4 is 10.1 Å². The number of fused-ring (bicyclic) bond motifs is 1. The van der Waals surface area contributed by atoms with Crippen molar-refractivity contribution in [2.24, 2.45) is 5.92 Å². The minimum atomic E-state index is -3.64. The van der Waals surface area contributed by atoms with Crippen molar-refractivity contribution in [3.63, 3.8) is 0 Å². The number of anilines is 1. The van der Waals surface area contributed by atoms with Gasteiger partial charge in [-0.3, -0.25) is 9.69 Å². The molecule has 12 heteroatoms. The van der Waals surface area contributed by atoms with Crippen LogP contribution in [-0.4, -0.2) is 73.3 Å². The fraction of sp³-hybridized carbons (Fsp3) is 0.500. The lowest BCUT2D eigenvalue weighted by molar-refractivity contribution is -0.118. The summed E-state index contributed by atoms with van der Waals surface area (Å²) < 4.78 is 33.4. The van der Waals surface area contributed by atoms with Crippen LogP contribution in [0, 0.1) is 17.2 Å². The summed E-state index contributed by atoms with van der Waals surface area (Å²) in [4.78, 5) is 25.5. The van der Waals surface area contributed by atoms with Crippen molar-refractivity contribution in [1.82, 2.24) is 19.2 Å². The first kappa shape index (κ1) is 28.4. The van der Waals surface area contributed by atoms with E-state index in [1.807, 2.05) is 6.07 Å². The molecule has 0 bridgehead atoms. The van der Waals surface area contributed by atoms with Gasteiger partial charge in [0.2, 0.25) is 21.8 Å². The van der Waals surface area contributed by atoms with E-state index in [0.717, 1.165) is 18.4 Å². The summed E-state index contributed by atoms with van der Waals surface area (Å²) in [6.07, 6.45) is 5.69. The summed E-state index contributed by atoms with van der Waals surface area (Å²) in [5.74, 6) is 0.377. The van der Waals surface area contributed by atoms with Gasteiger partial charge in [0.15, 0.2) is 5.13 Å². The molecule has 2 aromatic heterocycles. The molecule has 1 amide bonds. The van der Waals surface area contributed by atoms with Crippen molar-refractivity contribution >= 4 is 42.7 Å². The summed E-state index contributed by atoms with van der Waals surface area (Å²) in [7, 11) is -2.09. The third-order valence-corrected chi connectivity index (χ3v) is 10.6. The van der Waals surface area contributed by atoms with Crippen molar-refractivity contribution in [2.45, 2.75) is 49.3 Å². The number of amides is 1. The lowest BCUT2D eigenvalue weighted by atomic mass is 9.87. The molecule has 1 unspecified atom stereocenters. The van der Waals surface area contributed by atoms with E-state index in [-0.39, 0.29) is 10.8 Å². The Morgan fingerprint density at radius 2 is 1.85 bits per heavy atom. The van der Waals surface area contributed by atoms with Gasteiger partial charge >= 0.3 is 0 Å². The van der Waals surface area contributed by atoms with Crippen molar-refractivity contribution < 1.29 is 17.9 Å². The first-order chi connectivity index (χ1) is 19.4. The summed E-state index contributed by atoms with van der Waals surface area (Å²) in [6, 6.07) is 12.5. The summed E-state index contributed by atoms with van der Waals surface area (Å²) >= 11 is 1.30. The minimum absolute atomic E-state index is 0.151. The molecule has 1 saturated heterocycles. The molecule has 1 saturated carbocycles. The molecule has 0 radical (unpaired) electrons. The fourth-order valence-electron chi connectivity index (χ4n) is 5.56. The van der Waals surface area contributed by atoms with Gasteiger partial charge in [-0.15, -0.1) is 0 Å². The van der Waals surface area contributed by atoms with E-state index in [2.05, 4.69) is 26.3 Å². The number of nitrogens with zero attached hydrogens (tertiary/aromatic N) is 5. The molecule has 5 rings (SSSR count). The van der Waals surface area contributed by atoms with Crippen molar-refractivity contribution in [2.75, 3.05) is 45.2 Å². The van der Waals surface area contributed by atoms with Crippen LogP contribution >= 0.6 is 11.3 Å². The number of aromatic nitrogens is 2. The highest BCUT2D eigenvalue weighted by Crippen LogP contribution is 2.36. The number of rotatable bonds is 10. The SMILES string of the molecule is COc1ccc2nc(NC(=O)C(CC3CCCC3)c3ccc(S(=O)(=O)N4CCN(CCC#N)CC4)cc3)sc2n1. The lowest BCUT2D eigenvalue weighted by Gasteiger charge is -2.33. The maximum Gasteiger partial charge on any atom is 0.243 e. The smallest absolute Gasteiger partial charge is 0.243 e. The quantitative estimate of drug-likeness (QED) is 0.376. The number of hydrogen-bond donors (Lipinski definition) is 1. The number of thiazole rings is 1. The van der Waals surface area contributed by atoms with E-state index >= 15 is 0 Å². The molecule has 212 valence electrons. The van der Waals surface area contributed by atoms with Crippen LogP contribution in [0.25, 0.3) is 10.3 Å². The van der Waals surface area contributed by atoms with Crippen LogP contribution in [0.15, 0.2) is 41.3 Å². The van der Waals surface area contributed by atoms with E-state index in [1.54, 1.807) is 37.4 Å². The maximum atomic E-state index is 13.6. The number of methoxy groups -OCH3 is 1. The van der Waals surface area contributed by atoms with E-state index in [1.165, 1.54) is 28.5 Å². The molecule has 3 aromatic rings. The molecule has 1 aliphatic carbocycles. The van der Waals surface area contributed by atoms with E-state index in [0.29, 0.717) is 72.8 Å². The number of nitrogens with one attached hydrogen (secondary N) is 1. The number of piperazine rings is 1. The van der Waals surface area contributed by atoms with Gasteiger partial charge in [0.25, 0.3) is 0 Å². The van der Waals surface area contributed by atoms with E-state index in [4.69, 9.17) is 10.00 Å². The van der Waals surface area contributed by atoms with Crippen LogP contribution in [0.1, 0.15) is 50.0 Å². The number of hydrogen-bond acceptors (Lipinski definition) is 9. The zero-order valence-corrected chi connectivity index (χ0v) is 24.2. The monoisotopic (exact) mass is 582 g/mol. The van der Waals surface area contributed by atoms with Crippen molar-refractivity contribution in [1.29, 1.82) is 5.26 Å². The molecular formula is C28H34N6O4S2. The Labute approximate surface area is 239 Å². The molecule has 3 heterocycles. The van der Waals surface area contributed by atoms with Crippen LogP contribution in [0.2, 0.25) is 0 Å². The molecule has 2 aliphatic rings. The Balaban J connectivity index is 1.31. The first-order valence-corrected chi connectivity index (χ1v) is 15.9. The van der Waals surface area contributed by atoms with Gasteiger partial charge in [0.1, 0.15) is 10.3 Å². The van der Waals surface area contributed by atoms with Crippen molar-refractivity contribution in [3.8, 4) is 11.9 Å². The highest BCUT2D eigenvalue weighted by atomic mass is 32.2. The van der Waals surface area contributed by atoms with Crippen LogP contribution in [-0.2, 0) is 14.8 Å². The van der Waals surface area contributed by atoms with E-state index < -0.39 is 15.9 Å². The second-order valence-corrected chi connectivity index (χ2v) is 13.3. The van der Waals surface area contributed by atoms with Gasteiger partial charge in [-0.1, -0.05) is 49.2 Å². The highest BCUT2D eigenvalue weighted by Gasteiger charge is 2.30. The molecule has 2 fully saturated rings. The number of benzene rings is 1. The largest absolute Gasteiger partial charge is 0.481 e. The lowest BCUT2D eigenvalue weighted by Crippen LogP contribution is -2.48. The Morgan fingerprint density at radius 3 is 2.52 bits per heavy atom. The zero-order chi connectivity index (χ0) is 28.1. The minimum Gasteiger partial charge on any atom is -0.481 e. The van der Waals surface area contributed by atoms with Gasteiger partial charge in [-0.05, 0) is 36.1 Å². The fourth-order valence-corrected chi connectivity index (χ4v) is 7.81. The number of pyridine rings is 1. The Hall–Kier alpha value is -3.11. The second kappa shape index (κ2) is 12.6. The van der Waals surface area contributed by atoms with Crippen LogP contribution in [0.5, 0.6) is 5.88 Å². The maximum absolute atomic E-state index is 13.6. The third kappa shape index (κ3) is 6.44.